The molecule has 0 spiro atoms. The van der Waals surface area contributed by atoms with E-state index in [0.29, 0.717) is 16.0 Å². The molecule has 2 aromatic carbocycles. The topological polar surface area (TPSA) is 45.2 Å². The molecule has 1 aromatic heterocycles. The zero-order valence-electron chi connectivity index (χ0n) is 17.8. The number of urea groups is 1. The van der Waals surface area contributed by atoms with Gasteiger partial charge in [-0.1, -0.05) is 19.1 Å². The molecule has 1 aliphatic rings. The number of nitrogens with one attached hydrogen (secondary N) is 1. The Balaban J connectivity index is 2.12. The van der Waals surface area contributed by atoms with Gasteiger partial charge in [-0.3, -0.25) is 4.98 Å². The molecule has 2 heterocycles. The zero-order valence-corrected chi connectivity index (χ0v) is 17.8. The van der Waals surface area contributed by atoms with Crippen LogP contribution >= 0.6 is 0 Å². The zero-order chi connectivity index (χ0) is 24.7. The maximum atomic E-state index is 15.4. The van der Waals surface area contributed by atoms with Crippen LogP contribution in [-0.2, 0) is 5.54 Å². The molecule has 1 aliphatic heterocycles. The monoisotopic (exact) mass is 479 g/mol. The van der Waals surface area contributed by atoms with Gasteiger partial charge in [0, 0.05) is 23.9 Å². The van der Waals surface area contributed by atoms with Gasteiger partial charge in [-0.2, -0.15) is 13.2 Å². The predicted octanol–water partition coefficient (Wildman–Crippen LogP) is 6.35. The molecule has 2 unspecified atom stereocenters. The Morgan fingerprint density at radius 3 is 2.18 bits per heavy atom. The summed E-state index contributed by atoms with van der Waals surface area (Å²) in [6, 6.07) is 8.78. The summed E-state index contributed by atoms with van der Waals surface area (Å²) in [7, 11) is 0. The van der Waals surface area contributed by atoms with E-state index in [1.807, 2.05) is 0 Å². The van der Waals surface area contributed by atoms with E-state index in [-0.39, 0.29) is 12.1 Å². The normalized spacial score (nSPS) is 18.9. The minimum absolute atomic E-state index is 0.134. The number of pyridine rings is 1. The van der Waals surface area contributed by atoms with Gasteiger partial charge in [0.05, 0.1) is 11.2 Å². The first kappa shape index (κ1) is 23.6. The number of benzene rings is 2. The summed E-state index contributed by atoms with van der Waals surface area (Å²) in [4.78, 5) is 17.5. The van der Waals surface area contributed by atoms with E-state index in [0.717, 1.165) is 24.3 Å². The third-order valence-electron chi connectivity index (χ3n) is 6.09. The maximum absolute atomic E-state index is 15.4. The Bertz CT molecular complexity index is 1200. The quantitative estimate of drug-likeness (QED) is 0.434. The van der Waals surface area contributed by atoms with Crippen LogP contribution in [0.2, 0.25) is 0 Å². The summed E-state index contributed by atoms with van der Waals surface area (Å²) in [6.45, 7) is -0.224. The van der Waals surface area contributed by atoms with Gasteiger partial charge in [0.15, 0.2) is 11.6 Å². The standard InChI is InChI=1S/C24H19F6N3O/c1-2-23(19(15-9-11-31-12-10-15)14-3-5-16(25)6-4-14)20-18(8-7-17(26)21(20)27)32-22(34)33(23)13-24(28,29)30/h3-12,19H,2,13H2,1H3,(H,32,34). The molecule has 0 aliphatic carbocycles. The molecule has 0 radical (unpaired) electrons. The number of anilines is 1. The largest absolute Gasteiger partial charge is 0.406 e. The fraction of sp³-hybridized carbons (Fsp3) is 0.250. The summed E-state index contributed by atoms with van der Waals surface area (Å²) >= 11 is 0. The molecule has 0 fully saturated rings. The first-order chi connectivity index (χ1) is 16.1. The number of carbonyl (C=O) groups is 1. The van der Waals surface area contributed by atoms with Crippen LogP contribution in [0.15, 0.2) is 60.9 Å². The summed E-state index contributed by atoms with van der Waals surface area (Å²) < 4.78 is 84.8. The summed E-state index contributed by atoms with van der Waals surface area (Å²) in [5.41, 5.74) is -1.86. The molecular weight excluding hydrogens is 460 g/mol. The fourth-order valence-corrected chi connectivity index (χ4v) is 4.80. The van der Waals surface area contributed by atoms with Crippen LogP contribution < -0.4 is 5.32 Å². The van der Waals surface area contributed by atoms with Gasteiger partial charge in [0.1, 0.15) is 12.4 Å². The second kappa shape index (κ2) is 8.66. The highest BCUT2D eigenvalue weighted by atomic mass is 19.4. The van der Waals surface area contributed by atoms with Crippen molar-refractivity contribution < 1.29 is 31.1 Å². The molecule has 3 aromatic rings. The van der Waals surface area contributed by atoms with Crippen LogP contribution in [0.4, 0.5) is 36.8 Å². The van der Waals surface area contributed by atoms with E-state index >= 15 is 4.39 Å². The first-order valence-corrected chi connectivity index (χ1v) is 10.4. The highest BCUT2D eigenvalue weighted by molar-refractivity contribution is 5.94. The van der Waals surface area contributed by atoms with E-state index in [1.165, 1.54) is 43.6 Å². The number of fused-ring (bicyclic) bond motifs is 1. The number of halogens is 6. The molecule has 178 valence electrons. The van der Waals surface area contributed by atoms with E-state index in [2.05, 4.69) is 10.3 Å². The average Bonchev–Trinajstić information content (AvgIpc) is 2.80. The smallest absolute Gasteiger partial charge is 0.307 e. The second-order valence-electron chi connectivity index (χ2n) is 7.96. The lowest BCUT2D eigenvalue weighted by atomic mass is 9.67. The molecule has 10 heteroatoms. The van der Waals surface area contributed by atoms with Crippen molar-refractivity contribution in [2.75, 3.05) is 11.9 Å². The van der Waals surface area contributed by atoms with Gasteiger partial charge in [0.25, 0.3) is 0 Å². The number of aromatic nitrogens is 1. The Labute approximate surface area is 191 Å². The molecule has 1 N–H and O–H groups in total. The highest BCUT2D eigenvalue weighted by Crippen LogP contribution is 2.54. The third-order valence-corrected chi connectivity index (χ3v) is 6.09. The third kappa shape index (κ3) is 3.97. The SMILES string of the molecule is CCC1(C(c2ccncc2)c2ccc(F)cc2)c2c(ccc(F)c2F)NC(=O)N1CC(F)(F)F. The Hall–Kier alpha value is -3.56. The van der Waals surface area contributed by atoms with Crippen LogP contribution in [0.25, 0.3) is 0 Å². The molecule has 2 amide bonds. The first-order valence-electron chi connectivity index (χ1n) is 10.4. The van der Waals surface area contributed by atoms with Gasteiger partial charge in [-0.25, -0.2) is 18.0 Å². The van der Waals surface area contributed by atoms with E-state index in [1.54, 1.807) is 0 Å². The van der Waals surface area contributed by atoms with Crippen LogP contribution in [0.1, 0.15) is 36.0 Å². The van der Waals surface area contributed by atoms with Gasteiger partial charge in [-0.15, -0.1) is 0 Å². The van der Waals surface area contributed by atoms with E-state index in [4.69, 9.17) is 0 Å². The lowest BCUT2D eigenvalue weighted by Gasteiger charge is -2.52. The Morgan fingerprint density at radius 1 is 0.971 bits per heavy atom. The predicted molar refractivity (Wildman–Crippen MR) is 113 cm³/mol. The van der Waals surface area contributed by atoms with Crippen LogP contribution in [0.5, 0.6) is 0 Å². The Kier molecular flexibility index (Phi) is 6.01. The van der Waals surface area contributed by atoms with Crippen LogP contribution in [0.3, 0.4) is 0 Å². The van der Waals surface area contributed by atoms with E-state index < -0.39 is 53.2 Å². The molecule has 4 rings (SSSR count). The van der Waals surface area contributed by atoms with Crippen LogP contribution in [-0.4, -0.2) is 28.6 Å². The van der Waals surface area contributed by atoms with Crippen molar-refractivity contribution >= 4 is 11.7 Å². The summed E-state index contributed by atoms with van der Waals surface area (Å²) in [6.07, 6.45) is -2.26. The molecule has 0 saturated heterocycles. The van der Waals surface area contributed by atoms with Crippen molar-refractivity contribution in [3.63, 3.8) is 0 Å². The van der Waals surface area contributed by atoms with Crippen LogP contribution in [0, 0.1) is 17.5 Å². The average molecular weight is 479 g/mol. The molecule has 4 nitrogen and oxygen atoms in total. The number of hydrogen-bond acceptors (Lipinski definition) is 2. The minimum Gasteiger partial charge on any atom is -0.307 e. The summed E-state index contributed by atoms with van der Waals surface area (Å²) in [5.74, 6) is -4.35. The number of alkyl halides is 3. The minimum atomic E-state index is -4.84. The molecule has 0 bridgehead atoms. The van der Waals surface area contributed by atoms with Crippen molar-refractivity contribution in [1.29, 1.82) is 0 Å². The Morgan fingerprint density at radius 2 is 1.59 bits per heavy atom. The van der Waals surface area contributed by atoms with Crippen molar-refractivity contribution in [3.05, 3.63) is 95.1 Å². The fourth-order valence-electron chi connectivity index (χ4n) is 4.80. The molecule has 2 atom stereocenters. The number of nitrogens with zero attached hydrogens (tertiary/aromatic N) is 2. The van der Waals surface area contributed by atoms with Crippen molar-refractivity contribution in [3.8, 4) is 0 Å². The lowest BCUT2D eigenvalue weighted by Crippen LogP contribution is -2.60. The van der Waals surface area contributed by atoms with Gasteiger partial charge >= 0.3 is 12.2 Å². The van der Waals surface area contributed by atoms with Gasteiger partial charge < -0.3 is 10.2 Å². The molecular formula is C24H19F6N3O. The maximum Gasteiger partial charge on any atom is 0.406 e. The molecule has 34 heavy (non-hydrogen) atoms. The number of hydrogen-bond donors (Lipinski definition) is 1. The van der Waals surface area contributed by atoms with Crippen molar-refractivity contribution in [2.45, 2.75) is 31.0 Å². The van der Waals surface area contributed by atoms with Crippen molar-refractivity contribution in [2.24, 2.45) is 0 Å². The number of rotatable bonds is 5. The lowest BCUT2D eigenvalue weighted by molar-refractivity contribution is -0.153. The summed E-state index contributed by atoms with van der Waals surface area (Å²) in [5, 5.41) is 2.26. The highest BCUT2D eigenvalue weighted by Gasteiger charge is 2.55. The van der Waals surface area contributed by atoms with Crippen molar-refractivity contribution in [1.82, 2.24) is 9.88 Å². The second-order valence-corrected chi connectivity index (χ2v) is 7.96. The number of amides is 2. The van der Waals surface area contributed by atoms with E-state index in [9.17, 15) is 26.7 Å². The number of carbonyl (C=O) groups excluding carboxylic acids is 1. The van der Waals surface area contributed by atoms with Gasteiger partial charge in [0.2, 0.25) is 0 Å². The van der Waals surface area contributed by atoms with Gasteiger partial charge in [-0.05, 0) is 53.9 Å². The molecule has 0 saturated carbocycles.